The van der Waals surface area contributed by atoms with Crippen LogP contribution in [0.3, 0.4) is 0 Å². The zero-order chi connectivity index (χ0) is 34.4. The lowest BCUT2D eigenvalue weighted by atomic mass is 10.0. The van der Waals surface area contributed by atoms with Crippen molar-refractivity contribution in [2.45, 2.75) is 271 Å². The minimum Gasteiger partial charge on any atom is -0.356 e. The van der Waals surface area contributed by atoms with E-state index >= 15 is 0 Å². The molecule has 0 spiro atoms. The van der Waals surface area contributed by atoms with E-state index in [-0.39, 0.29) is 0 Å². The summed E-state index contributed by atoms with van der Waals surface area (Å²) in [4.78, 5) is 5.46. The third kappa shape index (κ3) is 29.1. The summed E-state index contributed by atoms with van der Waals surface area (Å²) in [6.45, 7) is 9.49. The molecule has 0 radical (unpaired) electrons. The van der Waals surface area contributed by atoms with Gasteiger partial charge in [0.1, 0.15) is 6.17 Å². The summed E-state index contributed by atoms with van der Waals surface area (Å²) in [7, 11) is 0. The third-order valence-corrected chi connectivity index (χ3v) is 11.3. The highest BCUT2D eigenvalue weighted by Crippen LogP contribution is 2.24. The molecule has 0 aromatic carbocycles. The van der Waals surface area contributed by atoms with Crippen molar-refractivity contribution in [2.24, 2.45) is 0 Å². The van der Waals surface area contributed by atoms with Crippen LogP contribution in [0.15, 0.2) is 12.4 Å². The van der Waals surface area contributed by atoms with Gasteiger partial charge in [-0.15, -0.1) is 0 Å². The lowest BCUT2D eigenvalue weighted by Crippen LogP contribution is -2.39. The van der Waals surface area contributed by atoms with E-state index in [1.807, 2.05) is 0 Å². The van der Waals surface area contributed by atoms with Gasteiger partial charge in [-0.2, -0.15) is 0 Å². The van der Waals surface area contributed by atoms with Crippen molar-refractivity contribution in [3.63, 3.8) is 0 Å². The van der Waals surface area contributed by atoms with Gasteiger partial charge in [-0.05, 0) is 25.7 Å². The van der Waals surface area contributed by atoms with Crippen LogP contribution in [0.5, 0.6) is 0 Å². The zero-order valence-electron chi connectivity index (χ0n) is 33.9. The molecule has 0 aromatic rings. The molecule has 1 aliphatic heterocycles. The van der Waals surface area contributed by atoms with Crippen LogP contribution in [0.1, 0.15) is 265 Å². The van der Waals surface area contributed by atoms with E-state index in [2.05, 4.69) is 43.0 Å². The van der Waals surface area contributed by atoms with Crippen molar-refractivity contribution in [1.82, 2.24) is 9.80 Å². The highest BCUT2D eigenvalue weighted by atomic mass is 15.4. The Labute approximate surface area is 305 Å². The van der Waals surface area contributed by atoms with Crippen LogP contribution in [0.25, 0.3) is 0 Å². The Morgan fingerprint density at radius 1 is 0.271 bits per heavy atom. The fourth-order valence-electron chi connectivity index (χ4n) is 7.95. The molecule has 1 heterocycles. The van der Waals surface area contributed by atoms with E-state index in [4.69, 9.17) is 0 Å². The van der Waals surface area contributed by atoms with Crippen LogP contribution in [0.4, 0.5) is 0 Å². The largest absolute Gasteiger partial charge is 0.356 e. The first kappa shape index (κ1) is 45.4. The fourth-order valence-corrected chi connectivity index (χ4v) is 7.95. The van der Waals surface area contributed by atoms with Gasteiger partial charge in [-0.25, -0.2) is 0 Å². The van der Waals surface area contributed by atoms with E-state index < -0.39 is 0 Å². The van der Waals surface area contributed by atoms with Crippen LogP contribution < -0.4 is 0 Å². The van der Waals surface area contributed by atoms with Crippen molar-refractivity contribution < 1.29 is 0 Å². The molecule has 286 valence electrons. The maximum Gasteiger partial charge on any atom is 0.101 e. The van der Waals surface area contributed by atoms with Crippen LogP contribution >= 0.6 is 0 Å². The summed E-state index contributed by atoms with van der Waals surface area (Å²) in [5, 5.41) is 0. The molecule has 1 unspecified atom stereocenters. The second-order valence-electron chi connectivity index (χ2n) is 16.1. The van der Waals surface area contributed by atoms with E-state index in [1.165, 1.54) is 257 Å². The van der Waals surface area contributed by atoms with Gasteiger partial charge >= 0.3 is 0 Å². The summed E-state index contributed by atoms with van der Waals surface area (Å²) < 4.78 is 0. The minimum absolute atomic E-state index is 0.637. The Hall–Kier alpha value is -0.660. The molecule has 0 amide bonds. The molecule has 48 heavy (non-hydrogen) atoms. The maximum atomic E-state index is 2.73. The Morgan fingerprint density at radius 2 is 0.479 bits per heavy atom. The molecular weight excluding hydrogens is 581 g/mol. The number of unbranched alkanes of at least 4 members (excludes halogenated alkanes) is 34. The van der Waals surface area contributed by atoms with Crippen molar-refractivity contribution in [3.05, 3.63) is 12.4 Å². The van der Waals surface area contributed by atoms with Crippen LogP contribution in [0, 0.1) is 0 Å². The topological polar surface area (TPSA) is 6.48 Å². The first-order chi connectivity index (χ1) is 23.8. The average Bonchev–Trinajstić information content (AvgIpc) is 3.48. The van der Waals surface area contributed by atoms with E-state index in [9.17, 15) is 0 Å². The molecule has 1 atom stereocenters. The molecule has 1 rings (SSSR count). The molecule has 0 saturated carbocycles. The molecule has 0 saturated heterocycles. The Bertz CT molecular complexity index is 630. The number of hydrogen-bond acceptors (Lipinski definition) is 2. The van der Waals surface area contributed by atoms with Crippen molar-refractivity contribution >= 4 is 0 Å². The molecular formula is C46H92N2. The van der Waals surface area contributed by atoms with E-state index in [0.29, 0.717) is 6.17 Å². The summed E-state index contributed by atoms with van der Waals surface area (Å²) in [5.74, 6) is 0. The molecule has 0 aromatic heterocycles. The van der Waals surface area contributed by atoms with E-state index in [0.717, 1.165) is 0 Å². The first-order valence-electron chi connectivity index (χ1n) is 23.0. The number of hydrogen-bond donors (Lipinski definition) is 0. The Morgan fingerprint density at radius 3 is 0.729 bits per heavy atom. The summed E-state index contributed by atoms with van der Waals surface area (Å²) in [6, 6.07) is 0. The van der Waals surface area contributed by atoms with Gasteiger partial charge in [0.2, 0.25) is 0 Å². The second-order valence-corrected chi connectivity index (χ2v) is 16.1. The summed E-state index contributed by atoms with van der Waals surface area (Å²) in [5.41, 5.74) is 0. The van der Waals surface area contributed by atoms with Crippen LogP contribution in [-0.4, -0.2) is 29.1 Å². The zero-order valence-corrected chi connectivity index (χ0v) is 33.9. The monoisotopic (exact) mass is 673 g/mol. The standard InChI is InChI=1S/C46H92N2/c1-4-7-10-13-16-19-21-23-24-25-27-29-32-35-38-41-46-47(42-39-36-33-30-18-15-12-9-6-3)44-45-48(46)43-40-37-34-31-28-26-22-20-17-14-11-8-5-2/h44-46H,4-43H2,1-3H3. The molecule has 0 aliphatic carbocycles. The fraction of sp³-hybridized carbons (Fsp3) is 0.957. The summed E-state index contributed by atoms with van der Waals surface area (Å²) >= 11 is 0. The van der Waals surface area contributed by atoms with Crippen LogP contribution in [0.2, 0.25) is 0 Å². The van der Waals surface area contributed by atoms with Crippen LogP contribution in [-0.2, 0) is 0 Å². The van der Waals surface area contributed by atoms with Gasteiger partial charge in [0.15, 0.2) is 0 Å². The highest BCUT2D eigenvalue weighted by Gasteiger charge is 2.24. The molecule has 2 nitrogen and oxygen atoms in total. The minimum atomic E-state index is 0.637. The Balaban J connectivity index is 2.19. The normalized spacial score (nSPS) is 14.6. The van der Waals surface area contributed by atoms with Crippen molar-refractivity contribution in [2.75, 3.05) is 13.1 Å². The SMILES string of the molecule is CCCCCCCCCCCCCCCCCC1N(CCCCCCCCCCC)C=CN1CCCCCCCCCCCCCCC. The predicted octanol–water partition coefficient (Wildman–Crippen LogP) is 16.3. The Kier molecular flexibility index (Phi) is 35.5. The van der Waals surface area contributed by atoms with Crippen molar-refractivity contribution in [3.8, 4) is 0 Å². The first-order valence-corrected chi connectivity index (χ1v) is 23.0. The third-order valence-electron chi connectivity index (χ3n) is 11.3. The average molecular weight is 673 g/mol. The molecule has 0 fully saturated rings. The highest BCUT2D eigenvalue weighted by molar-refractivity contribution is 4.97. The van der Waals surface area contributed by atoms with Gasteiger partial charge in [-0.1, -0.05) is 239 Å². The predicted molar refractivity (Wildman–Crippen MR) is 219 cm³/mol. The lowest BCUT2D eigenvalue weighted by molar-refractivity contribution is 0.135. The molecule has 2 heteroatoms. The van der Waals surface area contributed by atoms with Gasteiger partial charge in [-0.3, -0.25) is 0 Å². The van der Waals surface area contributed by atoms with Gasteiger partial charge < -0.3 is 9.80 Å². The lowest BCUT2D eigenvalue weighted by Gasteiger charge is -2.33. The van der Waals surface area contributed by atoms with Gasteiger partial charge in [0.05, 0.1) is 0 Å². The number of nitrogens with zero attached hydrogens (tertiary/aromatic N) is 2. The smallest absolute Gasteiger partial charge is 0.101 e. The van der Waals surface area contributed by atoms with Gasteiger partial charge in [0.25, 0.3) is 0 Å². The molecule has 0 N–H and O–H groups in total. The maximum absolute atomic E-state index is 2.73. The second kappa shape index (κ2) is 37.6. The quantitative estimate of drug-likeness (QED) is 0.0598. The van der Waals surface area contributed by atoms with Gasteiger partial charge in [0, 0.05) is 25.5 Å². The number of rotatable bonds is 40. The van der Waals surface area contributed by atoms with E-state index in [1.54, 1.807) is 0 Å². The van der Waals surface area contributed by atoms with Crippen molar-refractivity contribution in [1.29, 1.82) is 0 Å². The molecule has 0 bridgehead atoms. The summed E-state index contributed by atoms with van der Waals surface area (Å²) in [6.07, 6.45) is 60.4. The molecule has 1 aliphatic rings.